The van der Waals surface area contributed by atoms with Crippen LogP contribution in [0.3, 0.4) is 0 Å². The highest BCUT2D eigenvalue weighted by Crippen LogP contribution is 2.30. The molecule has 5 nitrogen and oxygen atoms in total. The van der Waals surface area contributed by atoms with Gasteiger partial charge >= 0.3 is 0 Å². The van der Waals surface area contributed by atoms with Gasteiger partial charge < -0.3 is 5.32 Å². The predicted octanol–water partition coefficient (Wildman–Crippen LogP) is 3.16. The Kier molecular flexibility index (Phi) is 4.48. The van der Waals surface area contributed by atoms with Crippen molar-refractivity contribution in [2.45, 2.75) is 39.3 Å². The van der Waals surface area contributed by atoms with Gasteiger partial charge in [-0.25, -0.2) is 0 Å². The summed E-state index contributed by atoms with van der Waals surface area (Å²) in [5.41, 5.74) is 2.67. The molecule has 0 spiro atoms. The molecule has 2 atom stereocenters. The van der Waals surface area contributed by atoms with Crippen molar-refractivity contribution in [2.24, 2.45) is 0 Å². The fraction of sp³-hybridized carbons (Fsp3) is 0.444. The number of benzene rings is 1. The van der Waals surface area contributed by atoms with E-state index >= 15 is 0 Å². The molecule has 1 aromatic heterocycles. The van der Waals surface area contributed by atoms with Gasteiger partial charge in [-0.15, -0.1) is 0 Å². The number of nitrogens with zero attached hydrogens (tertiary/aromatic N) is 3. The average Bonchev–Trinajstić information content (AvgIpc) is 3.14. The summed E-state index contributed by atoms with van der Waals surface area (Å²) in [7, 11) is 0. The van der Waals surface area contributed by atoms with Gasteiger partial charge in [-0.2, -0.15) is 5.10 Å². The largest absolute Gasteiger partial charge is 0.309 e. The molecule has 0 aliphatic carbocycles. The minimum atomic E-state index is -0.0867. The Labute approximate surface area is 137 Å². The normalized spacial score (nSPS) is 19.7. The molecule has 1 aliphatic rings. The average molecular weight is 312 g/mol. The number of anilines is 1. The number of carbonyl (C=O) groups excluding carboxylic acids is 1. The molecule has 0 saturated carbocycles. The zero-order valence-corrected chi connectivity index (χ0v) is 14.0. The first-order valence-electron chi connectivity index (χ1n) is 8.16. The Morgan fingerprint density at radius 2 is 2.22 bits per heavy atom. The predicted molar refractivity (Wildman–Crippen MR) is 91.4 cm³/mol. The lowest BCUT2D eigenvalue weighted by atomic mass is 10.0. The lowest BCUT2D eigenvalue weighted by molar-refractivity contribution is -0.114. The van der Waals surface area contributed by atoms with Gasteiger partial charge in [-0.05, 0) is 25.8 Å². The second-order valence-corrected chi connectivity index (χ2v) is 6.39. The number of hydrogen-bond acceptors (Lipinski definition) is 3. The topological polar surface area (TPSA) is 50.2 Å². The van der Waals surface area contributed by atoms with Crippen LogP contribution in [0.5, 0.6) is 0 Å². The summed E-state index contributed by atoms with van der Waals surface area (Å²) in [5, 5.41) is 7.20. The quantitative estimate of drug-likeness (QED) is 0.943. The monoisotopic (exact) mass is 312 g/mol. The van der Waals surface area contributed by atoms with Crippen LogP contribution in [0.1, 0.15) is 43.5 Å². The molecule has 1 N–H and O–H groups in total. The minimum absolute atomic E-state index is 0.0867. The molecular weight excluding hydrogens is 288 g/mol. The highest BCUT2D eigenvalue weighted by molar-refractivity contribution is 5.87. The third-order valence-corrected chi connectivity index (χ3v) is 4.55. The Balaban J connectivity index is 1.66. The van der Waals surface area contributed by atoms with Gasteiger partial charge in [0.05, 0.1) is 6.04 Å². The van der Waals surface area contributed by atoms with E-state index in [1.165, 1.54) is 18.1 Å². The number of aryl methyl sites for hydroxylation is 1. The molecule has 0 radical (unpaired) electrons. The highest BCUT2D eigenvalue weighted by Gasteiger charge is 2.28. The Morgan fingerprint density at radius 3 is 2.96 bits per heavy atom. The van der Waals surface area contributed by atoms with Crippen LogP contribution in [0.15, 0.2) is 36.5 Å². The Hall–Kier alpha value is -2.14. The highest BCUT2D eigenvalue weighted by atomic mass is 16.1. The Bertz CT molecular complexity index is 694. The summed E-state index contributed by atoms with van der Waals surface area (Å²) in [6.07, 6.45) is 3.04. The molecule has 5 heteroatoms. The maximum Gasteiger partial charge on any atom is 0.222 e. The van der Waals surface area contributed by atoms with Crippen molar-refractivity contribution in [3.63, 3.8) is 0 Å². The number of likely N-dealkylation sites (tertiary alicyclic amines) is 1. The first kappa shape index (κ1) is 15.7. The van der Waals surface area contributed by atoms with Crippen molar-refractivity contribution in [3.05, 3.63) is 47.7 Å². The summed E-state index contributed by atoms with van der Waals surface area (Å²) >= 11 is 0. The van der Waals surface area contributed by atoms with E-state index in [4.69, 9.17) is 0 Å². The first-order chi connectivity index (χ1) is 11.0. The first-order valence-corrected chi connectivity index (χ1v) is 8.16. The molecule has 3 rings (SSSR count). The number of rotatable bonds is 4. The fourth-order valence-corrected chi connectivity index (χ4v) is 3.27. The molecule has 23 heavy (non-hydrogen) atoms. The zero-order chi connectivity index (χ0) is 16.4. The zero-order valence-electron chi connectivity index (χ0n) is 14.0. The molecule has 0 bridgehead atoms. The number of hydrogen-bond donors (Lipinski definition) is 1. The lowest BCUT2D eigenvalue weighted by Gasteiger charge is -2.25. The van der Waals surface area contributed by atoms with E-state index in [0.29, 0.717) is 17.9 Å². The van der Waals surface area contributed by atoms with E-state index < -0.39 is 0 Å². The van der Waals surface area contributed by atoms with E-state index in [1.54, 1.807) is 0 Å². The minimum Gasteiger partial charge on any atom is -0.309 e. The van der Waals surface area contributed by atoms with E-state index in [0.717, 1.165) is 19.5 Å². The van der Waals surface area contributed by atoms with E-state index in [-0.39, 0.29) is 5.91 Å². The molecule has 2 heterocycles. The summed E-state index contributed by atoms with van der Waals surface area (Å²) in [5.74, 6) is 0.541. The van der Waals surface area contributed by atoms with Gasteiger partial charge in [0, 0.05) is 38.3 Å². The van der Waals surface area contributed by atoms with Gasteiger partial charge in [0.15, 0.2) is 5.82 Å². The molecule has 1 aromatic carbocycles. The summed E-state index contributed by atoms with van der Waals surface area (Å²) in [6.45, 7) is 7.95. The fourth-order valence-electron chi connectivity index (χ4n) is 3.27. The van der Waals surface area contributed by atoms with Gasteiger partial charge in [0.1, 0.15) is 0 Å². The van der Waals surface area contributed by atoms with Crippen LogP contribution in [0.4, 0.5) is 5.82 Å². The molecule has 2 aromatic rings. The van der Waals surface area contributed by atoms with Crippen LogP contribution < -0.4 is 5.32 Å². The van der Waals surface area contributed by atoms with Gasteiger partial charge in [-0.1, -0.05) is 29.8 Å². The summed E-state index contributed by atoms with van der Waals surface area (Å²) in [4.78, 5) is 13.6. The van der Waals surface area contributed by atoms with Crippen LogP contribution in [-0.4, -0.2) is 33.7 Å². The SMILES string of the molecule is CC(=O)Nc1ccn([C@@H]2CCN([C@@H](C)c3cccc(C)c3)C2)n1. The molecule has 1 saturated heterocycles. The number of nitrogens with one attached hydrogen (secondary N) is 1. The van der Waals surface area contributed by atoms with Crippen LogP contribution >= 0.6 is 0 Å². The van der Waals surface area contributed by atoms with Crippen LogP contribution in [-0.2, 0) is 4.79 Å². The van der Waals surface area contributed by atoms with Crippen molar-refractivity contribution in [1.82, 2.24) is 14.7 Å². The second kappa shape index (κ2) is 6.54. The van der Waals surface area contributed by atoms with E-state index in [2.05, 4.69) is 53.4 Å². The van der Waals surface area contributed by atoms with Gasteiger partial charge in [-0.3, -0.25) is 14.4 Å². The van der Waals surface area contributed by atoms with Crippen molar-refractivity contribution < 1.29 is 4.79 Å². The van der Waals surface area contributed by atoms with Gasteiger partial charge in [0.25, 0.3) is 0 Å². The molecule has 122 valence electrons. The van der Waals surface area contributed by atoms with Crippen LogP contribution in [0.25, 0.3) is 0 Å². The van der Waals surface area contributed by atoms with Crippen molar-refractivity contribution in [3.8, 4) is 0 Å². The third-order valence-electron chi connectivity index (χ3n) is 4.55. The van der Waals surface area contributed by atoms with Crippen LogP contribution in [0.2, 0.25) is 0 Å². The second-order valence-electron chi connectivity index (χ2n) is 6.39. The van der Waals surface area contributed by atoms with Crippen LogP contribution in [0, 0.1) is 6.92 Å². The molecule has 1 amide bonds. The standard InChI is InChI=1S/C18H24N4O/c1-13-5-4-6-16(11-13)14(2)21-9-7-17(12-21)22-10-8-18(20-22)19-15(3)23/h4-6,8,10-11,14,17H,7,9,12H2,1-3H3,(H,19,20,23)/t14-,17+/m0/s1. The number of amides is 1. The maximum absolute atomic E-state index is 11.1. The summed E-state index contributed by atoms with van der Waals surface area (Å²) < 4.78 is 1.98. The smallest absolute Gasteiger partial charge is 0.222 e. The number of carbonyl (C=O) groups is 1. The maximum atomic E-state index is 11.1. The summed E-state index contributed by atoms with van der Waals surface area (Å²) in [6, 6.07) is 11.4. The van der Waals surface area contributed by atoms with E-state index in [9.17, 15) is 4.79 Å². The third kappa shape index (κ3) is 3.62. The van der Waals surface area contributed by atoms with E-state index in [1.807, 2.05) is 16.9 Å². The number of aromatic nitrogens is 2. The van der Waals surface area contributed by atoms with Crippen molar-refractivity contribution in [2.75, 3.05) is 18.4 Å². The molecular formula is C18H24N4O. The lowest BCUT2D eigenvalue weighted by Crippen LogP contribution is -2.25. The Morgan fingerprint density at radius 1 is 1.39 bits per heavy atom. The molecule has 1 fully saturated rings. The molecule has 1 aliphatic heterocycles. The van der Waals surface area contributed by atoms with Crippen molar-refractivity contribution in [1.29, 1.82) is 0 Å². The van der Waals surface area contributed by atoms with Gasteiger partial charge in [0.2, 0.25) is 5.91 Å². The molecule has 0 unspecified atom stereocenters. The van der Waals surface area contributed by atoms with Crippen molar-refractivity contribution >= 4 is 11.7 Å².